The lowest BCUT2D eigenvalue weighted by molar-refractivity contribution is -0.121. The van der Waals surface area contributed by atoms with Gasteiger partial charge in [0.05, 0.1) is 6.21 Å². The van der Waals surface area contributed by atoms with E-state index in [4.69, 9.17) is 0 Å². The SMILES string of the molecule is CCCCC(=O)N/N=C/c1ccc(N(C)C)cc1. The first-order valence-electron chi connectivity index (χ1n) is 6.22. The Labute approximate surface area is 109 Å². The topological polar surface area (TPSA) is 44.7 Å². The van der Waals surface area contributed by atoms with Crippen molar-refractivity contribution in [1.29, 1.82) is 0 Å². The zero-order valence-corrected chi connectivity index (χ0v) is 11.3. The number of carbonyl (C=O) groups excluding carboxylic acids is 1. The van der Waals surface area contributed by atoms with E-state index in [1.807, 2.05) is 43.3 Å². The Balaban J connectivity index is 2.44. The maximum atomic E-state index is 11.3. The maximum Gasteiger partial charge on any atom is 0.240 e. The normalized spacial score (nSPS) is 10.6. The van der Waals surface area contributed by atoms with Crippen LogP contribution < -0.4 is 10.3 Å². The van der Waals surface area contributed by atoms with Gasteiger partial charge in [0.25, 0.3) is 0 Å². The minimum Gasteiger partial charge on any atom is -0.378 e. The minimum absolute atomic E-state index is 0.0296. The molecule has 0 bridgehead atoms. The highest BCUT2D eigenvalue weighted by Gasteiger charge is 1.97. The van der Waals surface area contributed by atoms with Crippen molar-refractivity contribution in [2.75, 3.05) is 19.0 Å². The number of amides is 1. The number of hydrogen-bond acceptors (Lipinski definition) is 3. The van der Waals surface area contributed by atoms with Crippen molar-refractivity contribution in [3.63, 3.8) is 0 Å². The smallest absolute Gasteiger partial charge is 0.240 e. The van der Waals surface area contributed by atoms with Gasteiger partial charge in [0.15, 0.2) is 0 Å². The van der Waals surface area contributed by atoms with Crippen molar-refractivity contribution < 1.29 is 4.79 Å². The number of benzene rings is 1. The van der Waals surface area contributed by atoms with Crippen molar-refractivity contribution in [3.05, 3.63) is 29.8 Å². The average molecular weight is 247 g/mol. The maximum absolute atomic E-state index is 11.3. The van der Waals surface area contributed by atoms with Gasteiger partial charge in [-0.15, -0.1) is 0 Å². The Hall–Kier alpha value is -1.84. The van der Waals surface area contributed by atoms with Crippen molar-refractivity contribution in [1.82, 2.24) is 5.43 Å². The predicted octanol–water partition coefficient (Wildman–Crippen LogP) is 2.39. The number of hydrazone groups is 1. The van der Waals surface area contributed by atoms with E-state index < -0.39 is 0 Å². The molecule has 1 N–H and O–H groups in total. The molecular formula is C14H21N3O. The molecule has 4 heteroatoms. The average Bonchev–Trinajstić information content (AvgIpc) is 2.37. The molecule has 18 heavy (non-hydrogen) atoms. The Bertz CT molecular complexity index is 396. The van der Waals surface area contributed by atoms with Gasteiger partial charge < -0.3 is 4.90 Å². The quantitative estimate of drug-likeness (QED) is 0.619. The summed E-state index contributed by atoms with van der Waals surface area (Å²) in [4.78, 5) is 13.3. The van der Waals surface area contributed by atoms with Crippen LogP contribution in [0, 0.1) is 0 Å². The van der Waals surface area contributed by atoms with Gasteiger partial charge in [-0.25, -0.2) is 5.43 Å². The summed E-state index contributed by atoms with van der Waals surface area (Å²) in [6, 6.07) is 7.97. The predicted molar refractivity (Wildman–Crippen MR) is 76.0 cm³/mol. The summed E-state index contributed by atoms with van der Waals surface area (Å²) in [6.07, 6.45) is 4.11. The summed E-state index contributed by atoms with van der Waals surface area (Å²) >= 11 is 0. The van der Waals surface area contributed by atoms with E-state index in [1.54, 1.807) is 6.21 Å². The highest BCUT2D eigenvalue weighted by atomic mass is 16.2. The molecule has 1 amide bonds. The first-order valence-corrected chi connectivity index (χ1v) is 6.22. The van der Waals surface area contributed by atoms with Crippen LogP contribution >= 0.6 is 0 Å². The van der Waals surface area contributed by atoms with Crippen LogP contribution in [0.15, 0.2) is 29.4 Å². The molecule has 0 fully saturated rings. The van der Waals surface area contributed by atoms with Gasteiger partial charge in [0.1, 0.15) is 0 Å². The molecule has 0 aliphatic rings. The molecule has 0 saturated heterocycles. The standard InChI is InChI=1S/C14H21N3O/c1-4-5-6-14(18)16-15-11-12-7-9-13(10-8-12)17(2)3/h7-11H,4-6H2,1-3H3,(H,16,18)/b15-11+. The number of hydrogen-bond donors (Lipinski definition) is 1. The summed E-state index contributed by atoms with van der Waals surface area (Å²) < 4.78 is 0. The number of rotatable bonds is 6. The van der Waals surface area contributed by atoms with Crippen LogP contribution in [-0.2, 0) is 4.79 Å². The van der Waals surface area contributed by atoms with Crippen molar-refractivity contribution >= 4 is 17.8 Å². The molecule has 0 aliphatic carbocycles. The van der Waals surface area contributed by atoms with E-state index in [0.29, 0.717) is 6.42 Å². The summed E-state index contributed by atoms with van der Waals surface area (Å²) in [5.41, 5.74) is 4.63. The highest BCUT2D eigenvalue weighted by molar-refractivity contribution is 5.82. The number of carbonyl (C=O) groups is 1. The molecule has 1 rings (SSSR count). The van der Waals surface area contributed by atoms with Gasteiger partial charge >= 0.3 is 0 Å². The van der Waals surface area contributed by atoms with Gasteiger partial charge in [-0.2, -0.15) is 5.10 Å². The number of anilines is 1. The third-order valence-electron chi connectivity index (χ3n) is 2.57. The molecule has 0 saturated carbocycles. The number of unbranched alkanes of at least 4 members (excludes halogenated alkanes) is 1. The summed E-state index contributed by atoms with van der Waals surface area (Å²) in [7, 11) is 3.99. The van der Waals surface area contributed by atoms with E-state index in [0.717, 1.165) is 24.1 Å². The van der Waals surface area contributed by atoms with E-state index in [9.17, 15) is 4.79 Å². The largest absolute Gasteiger partial charge is 0.378 e. The molecule has 4 nitrogen and oxygen atoms in total. The van der Waals surface area contributed by atoms with Crippen molar-refractivity contribution in [3.8, 4) is 0 Å². The van der Waals surface area contributed by atoms with Crippen LogP contribution in [-0.4, -0.2) is 26.2 Å². The second kappa shape index (κ2) is 7.48. The van der Waals surface area contributed by atoms with Crippen LogP contribution in [0.1, 0.15) is 31.7 Å². The Morgan fingerprint density at radius 3 is 2.56 bits per heavy atom. The second-order valence-corrected chi connectivity index (χ2v) is 4.38. The zero-order valence-electron chi connectivity index (χ0n) is 11.3. The van der Waals surface area contributed by atoms with Crippen LogP contribution in [0.4, 0.5) is 5.69 Å². The van der Waals surface area contributed by atoms with Crippen LogP contribution in [0.2, 0.25) is 0 Å². The molecule has 0 unspecified atom stereocenters. The molecule has 1 aromatic rings. The third-order valence-corrected chi connectivity index (χ3v) is 2.57. The van der Waals surface area contributed by atoms with E-state index in [2.05, 4.69) is 17.5 Å². The molecule has 0 aromatic heterocycles. The number of nitrogens with zero attached hydrogens (tertiary/aromatic N) is 2. The minimum atomic E-state index is -0.0296. The van der Waals surface area contributed by atoms with Gasteiger partial charge in [0, 0.05) is 26.2 Å². The fraction of sp³-hybridized carbons (Fsp3) is 0.429. The first kappa shape index (κ1) is 14.2. The molecule has 0 atom stereocenters. The third kappa shape index (κ3) is 4.99. The van der Waals surface area contributed by atoms with Gasteiger partial charge in [-0.1, -0.05) is 25.5 Å². The summed E-state index contributed by atoms with van der Waals surface area (Å²) in [6.45, 7) is 2.06. The van der Waals surface area contributed by atoms with E-state index >= 15 is 0 Å². The Kier molecular flexibility index (Phi) is 5.91. The van der Waals surface area contributed by atoms with Gasteiger partial charge in [-0.05, 0) is 24.1 Å². The molecule has 0 spiro atoms. The lowest BCUT2D eigenvalue weighted by Gasteiger charge is -2.11. The summed E-state index contributed by atoms with van der Waals surface area (Å²) in [5, 5.41) is 3.93. The lowest BCUT2D eigenvalue weighted by atomic mass is 10.2. The molecule has 0 radical (unpaired) electrons. The summed E-state index contributed by atoms with van der Waals surface area (Å²) in [5.74, 6) is -0.0296. The molecular weight excluding hydrogens is 226 g/mol. The van der Waals surface area contributed by atoms with E-state index in [-0.39, 0.29) is 5.91 Å². The molecule has 98 valence electrons. The fourth-order valence-corrected chi connectivity index (χ4v) is 1.43. The van der Waals surface area contributed by atoms with Gasteiger partial charge in [0.2, 0.25) is 5.91 Å². The van der Waals surface area contributed by atoms with Gasteiger partial charge in [-0.3, -0.25) is 4.79 Å². The van der Waals surface area contributed by atoms with Crippen molar-refractivity contribution in [2.24, 2.45) is 5.10 Å². The fourth-order valence-electron chi connectivity index (χ4n) is 1.43. The van der Waals surface area contributed by atoms with Crippen LogP contribution in [0.5, 0.6) is 0 Å². The van der Waals surface area contributed by atoms with Crippen molar-refractivity contribution in [2.45, 2.75) is 26.2 Å². The Morgan fingerprint density at radius 2 is 2.00 bits per heavy atom. The zero-order chi connectivity index (χ0) is 13.4. The molecule has 0 heterocycles. The monoisotopic (exact) mass is 247 g/mol. The van der Waals surface area contributed by atoms with Crippen LogP contribution in [0.25, 0.3) is 0 Å². The highest BCUT2D eigenvalue weighted by Crippen LogP contribution is 2.10. The Morgan fingerprint density at radius 1 is 1.33 bits per heavy atom. The first-order chi connectivity index (χ1) is 8.63. The van der Waals surface area contributed by atoms with Crippen LogP contribution in [0.3, 0.4) is 0 Å². The molecule has 0 aliphatic heterocycles. The lowest BCUT2D eigenvalue weighted by Crippen LogP contribution is -2.16. The second-order valence-electron chi connectivity index (χ2n) is 4.38. The van der Waals surface area contributed by atoms with E-state index in [1.165, 1.54) is 0 Å². The molecule has 1 aromatic carbocycles. The number of nitrogens with one attached hydrogen (secondary N) is 1.